The van der Waals surface area contributed by atoms with Crippen LogP contribution in [-0.4, -0.2) is 15.5 Å². The Hall–Kier alpha value is 0.0200. The molecule has 4 nitrogen and oxygen atoms in total. The molecule has 0 fully saturated rings. The van der Waals surface area contributed by atoms with Crippen LogP contribution in [0.2, 0.25) is 0 Å². The number of rotatable bonds is 3. The van der Waals surface area contributed by atoms with Crippen molar-refractivity contribution < 1.29 is 8.42 Å². The summed E-state index contributed by atoms with van der Waals surface area (Å²) < 4.78 is 22.8. The fourth-order valence-electron chi connectivity index (χ4n) is 0.251. The van der Waals surface area contributed by atoms with E-state index in [0.717, 1.165) is 0 Å². The van der Waals surface area contributed by atoms with Gasteiger partial charge in [0.25, 0.3) is 0 Å². The minimum absolute atomic E-state index is 0.174. The lowest BCUT2D eigenvalue weighted by Crippen LogP contribution is -2.05. The number of hydrogen-bond donors (Lipinski definition) is 3. The minimum atomic E-state index is -2.49. The molecule has 54 valence electrons. The van der Waals surface area contributed by atoms with Crippen molar-refractivity contribution in [1.29, 1.82) is 0 Å². The van der Waals surface area contributed by atoms with Gasteiger partial charge in [0.05, 0.1) is 22.9 Å². The number of nitrogens with one attached hydrogen (secondary N) is 2. The van der Waals surface area contributed by atoms with Crippen molar-refractivity contribution in [2.45, 2.75) is 0 Å². The van der Waals surface area contributed by atoms with Gasteiger partial charge in [0.2, 0.25) is 0 Å². The quantitative estimate of drug-likeness (QED) is 0.366. The summed E-state index contributed by atoms with van der Waals surface area (Å²) in [5, 5.41) is 2.76. The van der Waals surface area contributed by atoms with E-state index in [-0.39, 0.29) is 5.03 Å². The van der Waals surface area contributed by atoms with E-state index in [1.54, 1.807) is 29.9 Å². The molecule has 0 spiro atoms. The molecule has 2 N–H and O–H groups in total. The van der Waals surface area contributed by atoms with Crippen LogP contribution in [0, 0.1) is 0 Å². The van der Waals surface area contributed by atoms with Crippen LogP contribution in [0.15, 0.2) is 11.2 Å². The highest BCUT2D eigenvalue weighted by molar-refractivity contribution is 14.1. The second-order valence-corrected chi connectivity index (χ2v) is 2.71. The molecule has 0 saturated carbocycles. The molecule has 0 heterocycles. The summed E-state index contributed by atoms with van der Waals surface area (Å²) in [6, 6.07) is 0. The molecule has 0 aromatic carbocycles. The predicted octanol–water partition coefficient (Wildman–Crippen LogP) is -0.444. The summed E-state index contributed by atoms with van der Waals surface area (Å²) in [4.78, 5) is 0. The van der Waals surface area contributed by atoms with Crippen molar-refractivity contribution in [2.75, 3.05) is 7.05 Å². The van der Waals surface area contributed by atoms with Crippen LogP contribution in [-0.2, 0) is 10.7 Å². The van der Waals surface area contributed by atoms with E-state index < -0.39 is 10.7 Å². The third-order valence-corrected chi connectivity index (χ3v) is 2.22. The van der Waals surface area contributed by atoms with Crippen molar-refractivity contribution >= 4 is 33.6 Å². The third kappa shape index (κ3) is 3.57. The first-order valence-corrected chi connectivity index (χ1v) is 4.36. The second-order valence-electron chi connectivity index (χ2n) is 1.17. The second kappa shape index (κ2) is 4.86. The zero-order chi connectivity index (χ0) is 7.28. The van der Waals surface area contributed by atoms with Gasteiger partial charge in [-0.15, -0.1) is 0 Å². The van der Waals surface area contributed by atoms with Crippen LogP contribution >= 0.6 is 22.9 Å². The summed E-state index contributed by atoms with van der Waals surface area (Å²) in [6.45, 7) is 0. The first kappa shape index (κ1) is 9.02. The van der Waals surface area contributed by atoms with Gasteiger partial charge in [-0.3, -0.25) is 0 Å². The molecule has 6 heteroatoms. The summed E-state index contributed by atoms with van der Waals surface area (Å²) in [6.07, 6.45) is 1.37. The zero-order valence-corrected chi connectivity index (χ0v) is 7.77. The van der Waals surface area contributed by atoms with E-state index in [0.29, 0.717) is 0 Å². The fraction of sp³-hybridized carbons (Fsp3) is 0.333. The molecule has 0 radical (unpaired) electrons. The molecule has 0 aliphatic carbocycles. The van der Waals surface area contributed by atoms with E-state index in [9.17, 15) is 8.42 Å². The van der Waals surface area contributed by atoms with Crippen LogP contribution in [0.1, 0.15) is 0 Å². The Labute approximate surface area is 69.2 Å². The van der Waals surface area contributed by atoms with Crippen molar-refractivity contribution in [3.63, 3.8) is 0 Å². The lowest BCUT2D eigenvalue weighted by Gasteiger charge is -1.93. The number of thiol groups is 1. The van der Waals surface area contributed by atoms with E-state index >= 15 is 0 Å². The van der Waals surface area contributed by atoms with Crippen molar-refractivity contribution in [3.8, 4) is 0 Å². The summed E-state index contributed by atoms with van der Waals surface area (Å²) in [7, 11) is -0.858. The Bertz CT molecular complexity index is 169. The number of hydrogen-bond acceptors (Lipinski definition) is 4. The largest absolute Gasteiger partial charge is 0.392 e. The van der Waals surface area contributed by atoms with Gasteiger partial charge in [-0.1, -0.05) is 0 Å². The molecule has 0 atom stereocenters. The van der Waals surface area contributed by atoms with Gasteiger partial charge < -0.3 is 8.85 Å². The zero-order valence-electron chi connectivity index (χ0n) is 4.72. The topological polar surface area (TPSA) is 58.2 Å². The Kier molecular flexibility index (Phi) is 4.87. The maximum Gasteiger partial charge on any atom is 0.185 e. The first-order chi connectivity index (χ1) is 4.22. The fourth-order valence-corrected chi connectivity index (χ4v) is 1.30. The highest BCUT2D eigenvalue weighted by atomic mass is 127. The molecule has 0 aromatic rings. The highest BCUT2D eigenvalue weighted by Crippen LogP contribution is 1.89. The molecular weight excluding hydrogens is 255 g/mol. The van der Waals surface area contributed by atoms with Crippen molar-refractivity contribution in [3.05, 3.63) is 11.2 Å². The van der Waals surface area contributed by atoms with Gasteiger partial charge in [0.15, 0.2) is 10.7 Å². The molecule has 0 aromatic heterocycles. The predicted molar refractivity (Wildman–Crippen MR) is 44.6 cm³/mol. The average molecular weight is 262 g/mol. The lowest BCUT2D eigenvalue weighted by molar-refractivity contribution is 0.618. The molecule has 0 aliphatic rings. The summed E-state index contributed by atoms with van der Waals surface area (Å²) >= 11 is 1.75. The first-order valence-electron chi connectivity index (χ1n) is 2.11. The molecule has 9 heavy (non-hydrogen) atoms. The summed E-state index contributed by atoms with van der Waals surface area (Å²) in [5.41, 5.74) is 0. The molecule has 0 amide bonds. The average Bonchev–Trinajstić information content (AvgIpc) is 1.82. The van der Waals surface area contributed by atoms with Crippen LogP contribution in [0.5, 0.6) is 0 Å². The normalized spacial score (nSPS) is 11.7. The third-order valence-electron chi connectivity index (χ3n) is 0.575. The monoisotopic (exact) mass is 262 g/mol. The van der Waals surface area contributed by atoms with Gasteiger partial charge >= 0.3 is 0 Å². The molecule has 0 rings (SSSR count). The maximum absolute atomic E-state index is 10.2. The van der Waals surface area contributed by atoms with Crippen molar-refractivity contribution in [2.24, 2.45) is 0 Å². The van der Waals surface area contributed by atoms with Gasteiger partial charge in [0, 0.05) is 13.2 Å². The van der Waals surface area contributed by atoms with E-state index in [1.165, 1.54) is 6.20 Å². The lowest BCUT2D eigenvalue weighted by atomic mass is 10.9. The smallest absolute Gasteiger partial charge is 0.185 e. The van der Waals surface area contributed by atoms with E-state index in [2.05, 4.69) is 8.85 Å². The van der Waals surface area contributed by atoms with E-state index in [4.69, 9.17) is 0 Å². The Balaban J connectivity index is 4.15. The van der Waals surface area contributed by atoms with Crippen LogP contribution < -0.4 is 8.85 Å². The Morgan fingerprint density at radius 2 is 2.22 bits per heavy atom. The highest BCUT2D eigenvalue weighted by Gasteiger charge is 1.92. The van der Waals surface area contributed by atoms with Crippen LogP contribution in [0.3, 0.4) is 0 Å². The van der Waals surface area contributed by atoms with E-state index in [1.807, 2.05) is 0 Å². The van der Waals surface area contributed by atoms with Gasteiger partial charge in [-0.05, 0) is 0 Å². The SMILES string of the molecule is CN/C=C(\NI)[SH](=O)=O. The molecule has 0 bridgehead atoms. The van der Waals surface area contributed by atoms with Gasteiger partial charge in [-0.2, -0.15) is 0 Å². The minimum Gasteiger partial charge on any atom is -0.392 e. The summed E-state index contributed by atoms with van der Waals surface area (Å²) in [5.74, 6) is 0. The number of halogens is 1. The van der Waals surface area contributed by atoms with Crippen molar-refractivity contribution in [1.82, 2.24) is 8.85 Å². The van der Waals surface area contributed by atoms with Gasteiger partial charge in [0.1, 0.15) is 5.03 Å². The van der Waals surface area contributed by atoms with Crippen LogP contribution in [0.4, 0.5) is 0 Å². The molecule has 0 saturated heterocycles. The molecule has 0 unspecified atom stereocenters. The molecular formula is C3H7IN2O2S. The Morgan fingerprint density at radius 1 is 1.67 bits per heavy atom. The van der Waals surface area contributed by atoms with Crippen LogP contribution in [0.25, 0.3) is 0 Å². The maximum atomic E-state index is 10.2. The molecule has 0 aliphatic heterocycles. The Morgan fingerprint density at radius 3 is 2.33 bits per heavy atom. The van der Waals surface area contributed by atoms with Gasteiger partial charge in [-0.25, -0.2) is 8.42 Å². The standard InChI is InChI=1S/C3H7IN2O2S/c1-5-2-3(6-4)9(7)8/h2,5-6,9H,1H3/b3-2+.